The maximum Gasteiger partial charge on any atom is 0.314 e. The van der Waals surface area contributed by atoms with Gasteiger partial charge >= 0.3 is 6.03 Å². The monoisotopic (exact) mass is 448 g/mol. The minimum absolute atomic E-state index is 0.0161. The molecule has 0 bridgehead atoms. The van der Waals surface area contributed by atoms with E-state index in [0.29, 0.717) is 11.5 Å². The normalized spacial score (nSPS) is 20.9. The van der Waals surface area contributed by atoms with E-state index in [1.807, 2.05) is 31.2 Å². The molecule has 0 spiro atoms. The lowest BCUT2D eigenvalue weighted by atomic mass is 9.97. The second kappa shape index (κ2) is 8.94. The third-order valence-corrected chi connectivity index (χ3v) is 6.48. The summed E-state index contributed by atoms with van der Waals surface area (Å²) in [5, 5.41) is 18.1. The highest BCUT2D eigenvalue weighted by Gasteiger charge is 2.44. The Hall–Kier alpha value is -3.87. The standard InChI is InChI=1S/C23H28N8O2/c1-14-17(29-22(33)26-2)4-3-11-31(14)18-12-27-19(20(25)32)21(30-18)28-16-7-5-15(6-8-16)23(13-24)9-10-23/h5-8,12,14,17H,3-4,9-11H2,1-2H3,(H2,25,32)(H,28,30)(H2,26,29,33)/t14-,17-/m1/s1. The second-order valence-electron chi connectivity index (χ2n) is 8.59. The van der Waals surface area contributed by atoms with Gasteiger partial charge in [0.05, 0.1) is 23.7 Å². The molecule has 10 nitrogen and oxygen atoms in total. The van der Waals surface area contributed by atoms with Crippen LogP contribution in [0, 0.1) is 11.3 Å². The van der Waals surface area contributed by atoms with Gasteiger partial charge < -0.3 is 26.6 Å². The van der Waals surface area contributed by atoms with Crippen LogP contribution in [0.5, 0.6) is 0 Å². The highest BCUT2D eigenvalue weighted by Crippen LogP contribution is 2.47. The number of anilines is 3. The van der Waals surface area contributed by atoms with E-state index >= 15 is 0 Å². The number of nitrogens with zero attached hydrogens (tertiary/aromatic N) is 4. The van der Waals surface area contributed by atoms with Crippen molar-refractivity contribution in [3.05, 3.63) is 41.7 Å². The lowest BCUT2D eigenvalue weighted by molar-refractivity contribution is 0.0996. The number of rotatable bonds is 6. The van der Waals surface area contributed by atoms with Gasteiger partial charge in [-0.1, -0.05) is 12.1 Å². The van der Waals surface area contributed by atoms with E-state index in [2.05, 4.69) is 36.9 Å². The molecule has 1 saturated heterocycles. The van der Waals surface area contributed by atoms with Crippen molar-refractivity contribution < 1.29 is 9.59 Å². The van der Waals surface area contributed by atoms with Gasteiger partial charge in [0.25, 0.3) is 5.91 Å². The first-order valence-electron chi connectivity index (χ1n) is 11.1. The van der Waals surface area contributed by atoms with E-state index in [9.17, 15) is 14.9 Å². The molecule has 1 aliphatic heterocycles. The Labute approximate surface area is 192 Å². The Morgan fingerprint density at radius 2 is 2.00 bits per heavy atom. The zero-order valence-electron chi connectivity index (χ0n) is 18.8. The van der Waals surface area contributed by atoms with Crippen LogP contribution in [0.15, 0.2) is 30.5 Å². The predicted octanol–water partition coefficient (Wildman–Crippen LogP) is 2.16. The summed E-state index contributed by atoms with van der Waals surface area (Å²) < 4.78 is 0. The molecule has 1 aromatic carbocycles. The summed E-state index contributed by atoms with van der Waals surface area (Å²) in [5.41, 5.74) is 6.93. The van der Waals surface area contributed by atoms with E-state index in [4.69, 9.17) is 5.73 Å². The van der Waals surface area contributed by atoms with Gasteiger partial charge in [-0.05, 0) is 50.3 Å². The number of benzene rings is 1. The summed E-state index contributed by atoms with van der Waals surface area (Å²) >= 11 is 0. The fraction of sp³-hybridized carbons (Fsp3) is 0.435. The van der Waals surface area contributed by atoms with Crippen LogP contribution in [0.4, 0.5) is 22.1 Å². The summed E-state index contributed by atoms with van der Waals surface area (Å²) in [5.74, 6) is 0.180. The Balaban J connectivity index is 1.58. The van der Waals surface area contributed by atoms with E-state index < -0.39 is 5.91 Å². The first-order valence-corrected chi connectivity index (χ1v) is 11.1. The van der Waals surface area contributed by atoms with Crippen LogP contribution < -0.4 is 26.6 Å². The number of nitriles is 1. The van der Waals surface area contributed by atoms with Crippen LogP contribution in [0.3, 0.4) is 0 Å². The highest BCUT2D eigenvalue weighted by atomic mass is 16.2. The number of amides is 3. The number of carbonyl (C=O) groups is 2. The number of carbonyl (C=O) groups excluding carboxylic acids is 2. The molecule has 4 rings (SSSR count). The van der Waals surface area contributed by atoms with E-state index in [1.54, 1.807) is 7.05 Å². The fourth-order valence-electron chi connectivity index (χ4n) is 4.29. The Morgan fingerprint density at radius 1 is 1.27 bits per heavy atom. The SMILES string of the molecule is CNC(=O)N[C@@H]1CCCN(c2cnc(C(N)=O)c(Nc3ccc(C4(C#N)CC4)cc3)n2)[C@@H]1C. The minimum atomic E-state index is -0.680. The number of hydrogen-bond acceptors (Lipinski definition) is 7. The maximum absolute atomic E-state index is 12.0. The summed E-state index contributed by atoms with van der Waals surface area (Å²) in [6.45, 7) is 2.78. The number of primary amides is 1. The lowest BCUT2D eigenvalue weighted by Crippen LogP contribution is -2.55. The largest absolute Gasteiger partial charge is 0.364 e. The molecule has 2 heterocycles. The van der Waals surface area contributed by atoms with Gasteiger partial charge in [0, 0.05) is 25.3 Å². The molecule has 3 amide bonds. The molecular formula is C23H28N8O2. The van der Waals surface area contributed by atoms with Crippen molar-refractivity contribution in [1.82, 2.24) is 20.6 Å². The van der Waals surface area contributed by atoms with Gasteiger partial charge in [-0.3, -0.25) is 4.79 Å². The second-order valence-corrected chi connectivity index (χ2v) is 8.59. The Bertz CT molecular complexity index is 1090. The average molecular weight is 449 g/mol. The molecule has 0 radical (unpaired) electrons. The van der Waals surface area contributed by atoms with Crippen LogP contribution in [0.2, 0.25) is 0 Å². The molecule has 10 heteroatoms. The fourth-order valence-corrected chi connectivity index (χ4v) is 4.29. The number of piperidine rings is 1. The van der Waals surface area contributed by atoms with Crippen LogP contribution in [0.1, 0.15) is 48.7 Å². The third-order valence-electron chi connectivity index (χ3n) is 6.48. The molecule has 1 aliphatic carbocycles. The van der Waals surface area contributed by atoms with E-state index in [1.165, 1.54) is 6.20 Å². The molecule has 2 atom stereocenters. The molecule has 0 unspecified atom stereocenters. The van der Waals surface area contributed by atoms with Gasteiger partial charge in [-0.15, -0.1) is 0 Å². The van der Waals surface area contributed by atoms with Crippen molar-refractivity contribution in [2.45, 2.75) is 50.1 Å². The number of hydrogen-bond donors (Lipinski definition) is 4. The van der Waals surface area contributed by atoms with Crippen molar-refractivity contribution in [3.8, 4) is 6.07 Å². The molecule has 172 valence electrons. The van der Waals surface area contributed by atoms with Gasteiger partial charge in [-0.2, -0.15) is 5.26 Å². The number of nitrogens with two attached hydrogens (primary N) is 1. The molecular weight excluding hydrogens is 420 g/mol. The van der Waals surface area contributed by atoms with Gasteiger partial charge in [-0.25, -0.2) is 14.8 Å². The molecule has 1 saturated carbocycles. The van der Waals surface area contributed by atoms with Crippen molar-refractivity contribution in [2.24, 2.45) is 5.73 Å². The molecule has 2 aromatic rings. The van der Waals surface area contributed by atoms with Crippen molar-refractivity contribution in [3.63, 3.8) is 0 Å². The molecule has 33 heavy (non-hydrogen) atoms. The number of aromatic nitrogens is 2. The van der Waals surface area contributed by atoms with E-state index in [-0.39, 0.29) is 35.0 Å². The number of urea groups is 1. The molecule has 2 aliphatic rings. The van der Waals surface area contributed by atoms with Crippen LogP contribution in [-0.2, 0) is 5.41 Å². The third kappa shape index (κ3) is 4.53. The molecule has 1 aromatic heterocycles. The summed E-state index contributed by atoms with van der Waals surface area (Å²) in [6, 6.07) is 9.66. The Kier molecular flexibility index (Phi) is 6.05. The molecule has 5 N–H and O–H groups in total. The van der Waals surface area contributed by atoms with Crippen molar-refractivity contribution in [2.75, 3.05) is 23.8 Å². The maximum atomic E-state index is 12.0. The highest BCUT2D eigenvalue weighted by molar-refractivity contribution is 5.96. The molecule has 2 fully saturated rings. The quantitative estimate of drug-likeness (QED) is 0.529. The average Bonchev–Trinajstić information content (AvgIpc) is 3.62. The summed E-state index contributed by atoms with van der Waals surface area (Å²) in [4.78, 5) is 34.8. The van der Waals surface area contributed by atoms with Gasteiger partial charge in [0.1, 0.15) is 5.82 Å². The smallest absolute Gasteiger partial charge is 0.314 e. The first kappa shape index (κ1) is 22.3. The zero-order valence-corrected chi connectivity index (χ0v) is 18.8. The van der Waals surface area contributed by atoms with Crippen LogP contribution in [-0.4, -0.2) is 47.6 Å². The minimum Gasteiger partial charge on any atom is -0.364 e. The van der Waals surface area contributed by atoms with Crippen LogP contribution >= 0.6 is 0 Å². The first-order chi connectivity index (χ1) is 15.9. The van der Waals surface area contributed by atoms with Crippen molar-refractivity contribution >= 4 is 29.3 Å². The van der Waals surface area contributed by atoms with Gasteiger partial charge in [0.15, 0.2) is 11.5 Å². The van der Waals surface area contributed by atoms with Gasteiger partial charge in [0.2, 0.25) is 0 Å². The Morgan fingerprint density at radius 3 is 2.61 bits per heavy atom. The summed E-state index contributed by atoms with van der Waals surface area (Å²) in [7, 11) is 1.59. The van der Waals surface area contributed by atoms with Crippen LogP contribution in [0.25, 0.3) is 0 Å². The predicted molar refractivity (Wildman–Crippen MR) is 124 cm³/mol. The van der Waals surface area contributed by atoms with Crippen molar-refractivity contribution in [1.29, 1.82) is 5.26 Å². The lowest BCUT2D eigenvalue weighted by Gasteiger charge is -2.40. The topological polar surface area (TPSA) is 149 Å². The number of nitrogens with one attached hydrogen (secondary N) is 3. The van der Waals surface area contributed by atoms with E-state index in [0.717, 1.165) is 37.8 Å². The zero-order chi connectivity index (χ0) is 23.6. The summed E-state index contributed by atoms with van der Waals surface area (Å²) in [6.07, 6.45) is 5.03.